The lowest BCUT2D eigenvalue weighted by Crippen LogP contribution is -2.24. The van der Waals surface area contributed by atoms with Crippen LogP contribution in [0.3, 0.4) is 0 Å². The van der Waals surface area contributed by atoms with Gasteiger partial charge in [-0.3, -0.25) is 0 Å². The maximum absolute atomic E-state index is 14.0. The molecule has 0 amide bonds. The fraction of sp³-hybridized carbons (Fsp3) is 0.133. The molecule has 0 aromatic heterocycles. The van der Waals surface area contributed by atoms with Gasteiger partial charge in [0, 0.05) is 17.4 Å². The first-order chi connectivity index (χ1) is 17.8. The summed E-state index contributed by atoms with van der Waals surface area (Å²) in [7, 11) is -1.91. The van der Waals surface area contributed by atoms with Crippen LogP contribution in [0.5, 0.6) is 11.5 Å². The van der Waals surface area contributed by atoms with Crippen LogP contribution in [0.4, 0.5) is 14.5 Å². The third-order valence-electron chi connectivity index (χ3n) is 6.41. The summed E-state index contributed by atoms with van der Waals surface area (Å²) in [6.07, 6.45) is -3.89. The highest BCUT2D eigenvalue weighted by molar-refractivity contribution is 7.86. The molecule has 5 aromatic carbocycles. The molecule has 0 heterocycles. The van der Waals surface area contributed by atoms with Gasteiger partial charge in [-0.05, 0) is 58.5 Å². The van der Waals surface area contributed by atoms with E-state index in [4.69, 9.17) is 4.74 Å². The summed E-state index contributed by atoms with van der Waals surface area (Å²) in [6.45, 7) is 3.30. The molecule has 0 fully saturated rings. The number of benzene rings is 5. The second kappa shape index (κ2) is 9.82. The number of hydrogen-bond donors (Lipinski definition) is 2. The van der Waals surface area contributed by atoms with Crippen LogP contribution < -0.4 is 9.46 Å². The van der Waals surface area contributed by atoms with Gasteiger partial charge < -0.3 is 14.6 Å². The Morgan fingerprint density at radius 3 is 2.30 bits per heavy atom. The average molecular weight is 518 g/mol. The fourth-order valence-electron chi connectivity index (χ4n) is 4.48. The van der Waals surface area contributed by atoms with E-state index >= 15 is 0 Å². The summed E-state index contributed by atoms with van der Waals surface area (Å²) < 4.78 is 49.4. The lowest BCUT2D eigenvalue weighted by Gasteiger charge is -2.20. The van der Waals surface area contributed by atoms with E-state index in [1.807, 2.05) is 67.6 Å². The fourth-order valence-corrected chi connectivity index (χ4v) is 5.46. The lowest BCUT2D eigenvalue weighted by atomic mass is 9.90. The van der Waals surface area contributed by atoms with E-state index in [0.29, 0.717) is 11.3 Å². The van der Waals surface area contributed by atoms with Crippen molar-refractivity contribution in [2.45, 2.75) is 31.3 Å². The second-order valence-electron chi connectivity index (χ2n) is 8.73. The largest absolute Gasteiger partial charge is 0.507 e. The summed E-state index contributed by atoms with van der Waals surface area (Å²) in [5.41, 5.74) is 2.93. The van der Waals surface area contributed by atoms with Gasteiger partial charge in [0.25, 0.3) is 0 Å². The maximum Gasteiger partial charge on any atom is 0.397 e. The Bertz CT molecular complexity index is 1650. The first kappa shape index (κ1) is 24.7. The molecular formula is C30H25F2NO3S. The summed E-state index contributed by atoms with van der Waals surface area (Å²) in [4.78, 5) is 0.106. The topological polar surface area (TPSA) is 58.6 Å². The minimum absolute atomic E-state index is 0.106. The zero-order valence-corrected chi connectivity index (χ0v) is 21.1. The van der Waals surface area contributed by atoms with Crippen molar-refractivity contribution >= 4 is 38.2 Å². The molecule has 0 aliphatic carbocycles. The van der Waals surface area contributed by atoms with E-state index in [-0.39, 0.29) is 16.4 Å². The van der Waals surface area contributed by atoms with Gasteiger partial charge in [-0.15, -0.1) is 0 Å². The van der Waals surface area contributed by atoms with Gasteiger partial charge in [-0.1, -0.05) is 73.7 Å². The van der Waals surface area contributed by atoms with Crippen molar-refractivity contribution in [1.82, 2.24) is 0 Å². The number of nitrogens with one attached hydrogen (secondary N) is 1. The monoisotopic (exact) mass is 517 g/mol. The number of ether oxygens (including phenoxy) is 1. The molecule has 5 rings (SSSR count). The van der Waals surface area contributed by atoms with Crippen molar-refractivity contribution in [2.75, 3.05) is 4.72 Å². The number of alkyl halides is 2. The van der Waals surface area contributed by atoms with Crippen molar-refractivity contribution < 1.29 is 22.8 Å². The summed E-state index contributed by atoms with van der Waals surface area (Å²) in [6, 6.07) is 26.9. The first-order valence-corrected chi connectivity index (χ1v) is 13.0. The van der Waals surface area contributed by atoms with E-state index in [1.165, 1.54) is 19.1 Å². The molecular weight excluding hydrogens is 492 g/mol. The van der Waals surface area contributed by atoms with Crippen LogP contribution >= 0.6 is 0 Å². The van der Waals surface area contributed by atoms with Gasteiger partial charge in [0.1, 0.15) is 16.4 Å². The Labute approximate surface area is 216 Å². The van der Waals surface area contributed by atoms with Gasteiger partial charge in [0.05, 0.1) is 5.69 Å². The number of fused-ring (bicyclic) bond motifs is 2. The van der Waals surface area contributed by atoms with Crippen molar-refractivity contribution in [3.63, 3.8) is 0 Å². The molecule has 0 bridgehead atoms. The maximum atomic E-state index is 14.0. The molecule has 0 aliphatic heterocycles. The van der Waals surface area contributed by atoms with E-state index in [0.717, 1.165) is 32.7 Å². The first-order valence-electron chi connectivity index (χ1n) is 11.9. The molecule has 0 aliphatic rings. The number of phenols is 1. The highest BCUT2D eigenvalue weighted by atomic mass is 32.2. The molecule has 0 radical (unpaired) electrons. The number of halogens is 2. The molecule has 1 unspecified atom stereocenters. The number of aryl methyl sites for hydroxylation is 1. The molecule has 188 valence electrons. The van der Waals surface area contributed by atoms with E-state index in [9.17, 15) is 18.1 Å². The lowest BCUT2D eigenvalue weighted by molar-refractivity contribution is -0.178. The highest BCUT2D eigenvalue weighted by Gasteiger charge is 2.30. The number of para-hydroxylation sites is 1. The molecule has 7 heteroatoms. The number of rotatable bonds is 7. The zero-order chi connectivity index (χ0) is 26.2. The van der Waals surface area contributed by atoms with Crippen LogP contribution in [0.2, 0.25) is 0 Å². The summed E-state index contributed by atoms with van der Waals surface area (Å²) >= 11 is 0. The number of anilines is 1. The highest BCUT2D eigenvalue weighted by Crippen LogP contribution is 2.43. The summed E-state index contributed by atoms with van der Waals surface area (Å²) in [5.74, 6) is -0.0202. The number of aromatic hydroxyl groups is 1. The second-order valence-corrected chi connectivity index (χ2v) is 9.91. The SMILES string of the molecule is CCC(F)(F)Oc1ccccc1S(=O)Nc1cc(-c2c(O)ccc3ccccc23)c(C)c2ccccc12. The Kier molecular flexibility index (Phi) is 6.56. The molecule has 4 nitrogen and oxygen atoms in total. The molecule has 0 saturated carbocycles. The third kappa shape index (κ3) is 4.74. The van der Waals surface area contributed by atoms with Crippen LogP contribution in [0, 0.1) is 6.92 Å². The van der Waals surface area contributed by atoms with Crippen LogP contribution in [0.1, 0.15) is 18.9 Å². The standard InChI is InChI=1S/C30H25F2NO3S/c1-3-30(31,32)36-27-14-8-9-15-28(27)37(35)33-25-18-24(19(2)21-11-6-7-13-23(21)25)29-22-12-5-4-10-20(22)16-17-26(29)34/h4-18,33-34H,3H2,1-2H3. The number of phenolic OH excluding ortho intramolecular Hbond substituents is 1. The third-order valence-corrected chi connectivity index (χ3v) is 7.55. The Balaban J connectivity index is 1.66. The molecule has 1 atom stereocenters. The minimum atomic E-state index is -3.38. The van der Waals surface area contributed by atoms with Crippen LogP contribution in [0.25, 0.3) is 32.7 Å². The quantitative estimate of drug-likeness (QED) is 0.229. The van der Waals surface area contributed by atoms with Gasteiger partial charge in [-0.25, -0.2) is 4.21 Å². The van der Waals surface area contributed by atoms with Crippen LogP contribution in [-0.4, -0.2) is 15.4 Å². The molecule has 0 spiro atoms. The van der Waals surface area contributed by atoms with Crippen LogP contribution in [-0.2, 0) is 11.0 Å². The normalized spacial score (nSPS) is 12.5. The van der Waals surface area contributed by atoms with E-state index in [1.54, 1.807) is 18.2 Å². The van der Waals surface area contributed by atoms with Crippen LogP contribution in [0.15, 0.2) is 95.9 Å². The average Bonchev–Trinajstić information content (AvgIpc) is 2.90. The Morgan fingerprint density at radius 1 is 0.892 bits per heavy atom. The zero-order valence-electron chi connectivity index (χ0n) is 20.3. The van der Waals surface area contributed by atoms with Gasteiger partial charge in [0.15, 0.2) is 11.0 Å². The molecule has 0 saturated heterocycles. The van der Waals surface area contributed by atoms with Gasteiger partial charge in [0.2, 0.25) is 0 Å². The number of hydrogen-bond acceptors (Lipinski definition) is 3. The van der Waals surface area contributed by atoms with Gasteiger partial charge >= 0.3 is 6.11 Å². The summed E-state index contributed by atoms with van der Waals surface area (Å²) in [5, 5.41) is 14.5. The Hall–Kier alpha value is -3.97. The molecule has 37 heavy (non-hydrogen) atoms. The predicted octanol–water partition coefficient (Wildman–Crippen LogP) is 8.19. The molecule has 5 aromatic rings. The van der Waals surface area contributed by atoms with Crippen molar-refractivity contribution in [1.29, 1.82) is 0 Å². The van der Waals surface area contributed by atoms with Crippen molar-refractivity contribution in [2.24, 2.45) is 0 Å². The van der Waals surface area contributed by atoms with E-state index in [2.05, 4.69) is 4.72 Å². The minimum Gasteiger partial charge on any atom is -0.507 e. The molecule has 2 N–H and O–H groups in total. The smallest absolute Gasteiger partial charge is 0.397 e. The van der Waals surface area contributed by atoms with Gasteiger partial charge in [-0.2, -0.15) is 8.78 Å². The Morgan fingerprint density at radius 2 is 1.54 bits per heavy atom. The van der Waals surface area contributed by atoms with E-state index < -0.39 is 23.5 Å². The van der Waals surface area contributed by atoms with Crippen molar-refractivity contribution in [3.8, 4) is 22.6 Å². The van der Waals surface area contributed by atoms with Crippen molar-refractivity contribution in [3.05, 3.63) is 96.6 Å². The predicted molar refractivity (Wildman–Crippen MR) is 146 cm³/mol.